The molecule has 7 heteroatoms. The molecule has 4 rings (SSSR count). The number of ether oxygens (including phenoxy) is 2. The number of para-hydroxylation sites is 1. The van der Waals surface area contributed by atoms with Crippen LogP contribution in [0.25, 0.3) is 5.69 Å². The monoisotopic (exact) mass is 434 g/mol. The van der Waals surface area contributed by atoms with Gasteiger partial charge in [-0.15, -0.1) is 0 Å². The summed E-state index contributed by atoms with van der Waals surface area (Å²) in [6.07, 6.45) is 0.820. The first kappa shape index (κ1) is 21.9. The van der Waals surface area contributed by atoms with Crippen LogP contribution >= 0.6 is 0 Å². The van der Waals surface area contributed by atoms with E-state index in [-0.39, 0.29) is 11.9 Å². The molecule has 1 amide bonds. The van der Waals surface area contributed by atoms with Gasteiger partial charge in [-0.3, -0.25) is 9.69 Å². The maximum absolute atomic E-state index is 12.9. The normalized spacial score (nSPS) is 16.6. The molecular formula is C25H30N4O3. The molecule has 0 aliphatic carbocycles. The summed E-state index contributed by atoms with van der Waals surface area (Å²) in [5.41, 5.74) is 3.86. The number of hydrogen-bond acceptors (Lipinski definition) is 5. The van der Waals surface area contributed by atoms with Crippen molar-refractivity contribution in [2.24, 2.45) is 0 Å². The van der Waals surface area contributed by atoms with Crippen molar-refractivity contribution in [3.63, 3.8) is 0 Å². The molecule has 1 fully saturated rings. The van der Waals surface area contributed by atoms with E-state index in [1.165, 1.54) is 0 Å². The molecule has 1 unspecified atom stereocenters. The van der Waals surface area contributed by atoms with Gasteiger partial charge in [0, 0.05) is 30.9 Å². The average Bonchev–Trinajstić information content (AvgIpc) is 3.11. The van der Waals surface area contributed by atoms with E-state index in [4.69, 9.17) is 14.6 Å². The standard InChI is InChI=1S/C25H30N4O3/c1-18-23(19(2)29(27-18)20-8-5-4-6-9-20)24-25(30)26-14-16-28(24)15-7-17-32-22-12-10-21(31-3)11-13-22/h4-6,8-13,24H,7,14-17H2,1-3H3,(H,26,30). The second-order valence-corrected chi connectivity index (χ2v) is 7.94. The number of rotatable bonds is 8. The van der Waals surface area contributed by atoms with E-state index in [1.807, 2.05) is 73.1 Å². The third-order valence-electron chi connectivity index (χ3n) is 5.85. The van der Waals surface area contributed by atoms with Crippen molar-refractivity contribution >= 4 is 5.91 Å². The smallest absolute Gasteiger partial charge is 0.242 e. The summed E-state index contributed by atoms with van der Waals surface area (Å²) >= 11 is 0. The van der Waals surface area contributed by atoms with Gasteiger partial charge in [0.15, 0.2) is 0 Å². The lowest BCUT2D eigenvalue weighted by Gasteiger charge is -2.35. The van der Waals surface area contributed by atoms with Gasteiger partial charge in [0.05, 0.1) is 25.1 Å². The molecule has 2 heterocycles. The van der Waals surface area contributed by atoms with Crippen LogP contribution in [0.5, 0.6) is 11.5 Å². The number of carbonyl (C=O) groups excluding carboxylic acids is 1. The summed E-state index contributed by atoms with van der Waals surface area (Å²) in [7, 11) is 1.65. The Kier molecular flexibility index (Phi) is 6.75. The third kappa shape index (κ3) is 4.62. The molecule has 1 aromatic heterocycles. The van der Waals surface area contributed by atoms with Crippen LogP contribution in [-0.2, 0) is 4.79 Å². The summed E-state index contributed by atoms with van der Waals surface area (Å²) < 4.78 is 13.0. The Balaban J connectivity index is 1.46. The highest BCUT2D eigenvalue weighted by atomic mass is 16.5. The molecule has 1 N–H and O–H groups in total. The van der Waals surface area contributed by atoms with Gasteiger partial charge in [0.2, 0.25) is 5.91 Å². The zero-order chi connectivity index (χ0) is 22.5. The van der Waals surface area contributed by atoms with Crippen LogP contribution in [0.3, 0.4) is 0 Å². The van der Waals surface area contributed by atoms with Crippen molar-refractivity contribution in [3.8, 4) is 17.2 Å². The third-order valence-corrected chi connectivity index (χ3v) is 5.85. The van der Waals surface area contributed by atoms with Crippen molar-refractivity contribution in [2.75, 3.05) is 33.4 Å². The number of nitrogens with one attached hydrogen (secondary N) is 1. The highest BCUT2D eigenvalue weighted by Gasteiger charge is 2.35. The summed E-state index contributed by atoms with van der Waals surface area (Å²) in [5.74, 6) is 1.65. The number of hydrogen-bond donors (Lipinski definition) is 1. The van der Waals surface area contributed by atoms with Gasteiger partial charge in [-0.05, 0) is 56.7 Å². The molecular weight excluding hydrogens is 404 g/mol. The van der Waals surface area contributed by atoms with Crippen molar-refractivity contribution in [1.82, 2.24) is 20.0 Å². The second-order valence-electron chi connectivity index (χ2n) is 7.94. The lowest BCUT2D eigenvalue weighted by atomic mass is 10.00. The highest BCUT2D eigenvalue weighted by molar-refractivity contribution is 5.84. The molecule has 0 spiro atoms. The van der Waals surface area contributed by atoms with Crippen LogP contribution in [0.2, 0.25) is 0 Å². The van der Waals surface area contributed by atoms with Gasteiger partial charge in [0.1, 0.15) is 17.5 Å². The predicted octanol–water partition coefficient (Wildman–Crippen LogP) is 3.44. The van der Waals surface area contributed by atoms with Crippen molar-refractivity contribution < 1.29 is 14.3 Å². The van der Waals surface area contributed by atoms with Crippen LogP contribution in [0.4, 0.5) is 0 Å². The fraction of sp³-hybridized carbons (Fsp3) is 0.360. The number of aryl methyl sites for hydroxylation is 1. The Bertz CT molecular complexity index is 1050. The number of benzene rings is 2. The van der Waals surface area contributed by atoms with E-state index in [1.54, 1.807) is 7.11 Å². The lowest BCUT2D eigenvalue weighted by Crippen LogP contribution is -2.50. The van der Waals surface area contributed by atoms with Crippen molar-refractivity contribution in [2.45, 2.75) is 26.3 Å². The summed E-state index contributed by atoms with van der Waals surface area (Å²) in [6, 6.07) is 17.3. The van der Waals surface area contributed by atoms with Crippen LogP contribution < -0.4 is 14.8 Å². The molecule has 2 aromatic carbocycles. The van der Waals surface area contributed by atoms with E-state index in [2.05, 4.69) is 10.2 Å². The van der Waals surface area contributed by atoms with Crippen LogP contribution in [-0.4, -0.2) is 53.9 Å². The quantitative estimate of drug-likeness (QED) is 0.550. The number of aromatic nitrogens is 2. The number of amides is 1. The van der Waals surface area contributed by atoms with Gasteiger partial charge < -0.3 is 14.8 Å². The summed E-state index contributed by atoms with van der Waals surface area (Å²) in [4.78, 5) is 15.2. The minimum absolute atomic E-state index is 0.0335. The lowest BCUT2D eigenvalue weighted by molar-refractivity contribution is -0.129. The Morgan fingerprint density at radius 2 is 1.78 bits per heavy atom. The molecule has 32 heavy (non-hydrogen) atoms. The average molecular weight is 435 g/mol. The van der Waals surface area contributed by atoms with Crippen LogP contribution in [0, 0.1) is 13.8 Å². The first-order chi connectivity index (χ1) is 15.6. The van der Waals surface area contributed by atoms with E-state index >= 15 is 0 Å². The van der Waals surface area contributed by atoms with Gasteiger partial charge in [-0.1, -0.05) is 18.2 Å². The number of nitrogens with zero attached hydrogens (tertiary/aromatic N) is 3. The summed E-state index contributed by atoms with van der Waals surface area (Å²) in [5, 5.41) is 7.78. The Hall–Kier alpha value is -3.32. The molecule has 7 nitrogen and oxygen atoms in total. The molecule has 1 atom stereocenters. The SMILES string of the molecule is COc1ccc(OCCCN2CCNC(=O)C2c2c(C)nn(-c3ccccc3)c2C)cc1. The van der Waals surface area contributed by atoms with Crippen LogP contribution in [0.1, 0.15) is 29.4 Å². The maximum Gasteiger partial charge on any atom is 0.242 e. The molecule has 1 aliphatic heterocycles. The predicted molar refractivity (Wildman–Crippen MR) is 123 cm³/mol. The zero-order valence-corrected chi connectivity index (χ0v) is 18.9. The van der Waals surface area contributed by atoms with Gasteiger partial charge >= 0.3 is 0 Å². The van der Waals surface area contributed by atoms with E-state index in [9.17, 15) is 4.79 Å². The van der Waals surface area contributed by atoms with Crippen molar-refractivity contribution in [1.29, 1.82) is 0 Å². The Labute approximate surface area is 188 Å². The largest absolute Gasteiger partial charge is 0.497 e. The van der Waals surface area contributed by atoms with E-state index < -0.39 is 0 Å². The van der Waals surface area contributed by atoms with Crippen LogP contribution in [0.15, 0.2) is 54.6 Å². The molecule has 0 radical (unpaired) electrons. The fourth-order valence-electron chi connectivity index (χ4n) is 4.27. The molecule has 0 saturated carbocycles. The highest BCUT2D eigenvalue weighted by Crippen LogP contribution is 2.30. The van der Waals surface area contributed by atoms with E-state index in [0.29, 0.717) is 13.2 Å². The topological polar surface area (TPSA) is 68.6 Å². The number of methoxy groups -OCH3 is 1. The molecule has 0 bridgehead atoms. The van der Waals surface area contributed by atoms with Crippen molar-refractivity contribution in [3.05, 3.63) is 71.5 Å². The molecule has 1 aliphatic rings. The Morgan fingerprint density at radius 1 is 1.06 bits per heavy atom. The van der Waals surface area contributed by atoms with Gasteiger partial charge in [-0.2, -0.15) is 5.10 Å². The first-order valence-electron chi connectivity index (χ1n) is 11.0. The maximum atomic E-state index is 12.9. The van der Waals surface area contributed by atoms with Gasteiger partial charge in [0.25, 0.3) is 0 Å². The first-order valence-corrected chi connectivity index (χ1v) is 11.0. The fourth-order valence-corrected chi connectivity index (χ4v) is 4.27. The molecule has 3 aromatic rings. The molecule has 1 saturated heterocycles. The summed E-state index contributed by atoms with van der Waals surface area (Å²) in [6.45, 7) is 6.82. The molecule has 168 valence electrons. The number of piperazine rings is 1. The second kappa shape index (κ2) is 9.87. The van der Waals surface area contributed by atoms with Gasteiger partial charge in [-0.25, -0.2) is 4.68 Å². The zero-order valence-electron chi connectivity index (χ0n) is 18.9. The number of carbonyl (C=O) groups is 1. The van der Waals surface area contributed by atoms with E-state index in [0.717, 1.165) is 53.6 Å². The Morgan fingerprint density at radius 3 is 2.50 bits per heavy atom. The minimum Gasteiger partial charge on any atom is -0.497 e. The minimum atomic E-state index is -0.345.